The van der Waals surface area contributed by atoms with Crippen molar-refractivity contribution >= 4 is 27.1 Å². The molecule has 0 spiro atoms. The fourth-order valence-corrected chi connectivity index (χ4v) is 3.30. The minimum absolute atomic E-state index is 0.125. The number of para-hydroxylation sites is 1. The Labute approximate surface area is 111 Å². The molecule has 94 valence electrons. The van der Waals surface area contributed by atoms with Gasteiger partial charge in [0.1, 0.15) is 0 Å². The molecule has 2 aromatic carbocycles. The molecule has 0 aliphatic carbocycles. The third-order valence-electron chi connectivity index (χ3n) is 2.56. The lowest BCUT2D eigenvalue weighted by Crippen LogP contribution is -2.06. The second-order valence-corrected chi connectivity index (χ2v) is 6.34. The van der Waals surface area contributed by atoms with E-state index in [-0.39, 0.29) is 10.6 Å². The number of nitrogen functional groups attached to an aromatic ring is 1. The third kappa shape index (κ3) is 2.83. The molecular weight excluding hydrogens is 270 g/mol. The largest absolute Gasteiger partial charge is 0.398 e. The standard InChI is InChI=1S/C13H12ClNO2S/c14-11-5-3-6-12(8-11)18(16,17)9-10-4-1-2-7-13(10)15/h1-8H,9,15H2. The van der Waals surface area contributed by atoms with Crippen LogP contribution in [0.25, 0.3) is 0 Å². The van der Waals surface area contributed by atoms with Crippen LogP contribution in [0.2, 0.25) is 5.02 Å². The molecule has 0 aliphatic rings. The van der Waals surface area contributed by atoms with Crippen LogP contribution < -0.4 is 5.73 Å². The molecule has 5 heteroatoms. The number of rotatable bonds is 3. The highest BCUT2D eigenvalue weighted by Crippen LogP contribution is 2.22. The predicted molar refractivity (Wildman–Crippen MR) is 73.2 cm³/mol. The van der Waals surface area contributed by atoms with Gasteiger partial charge in [-0.3, -0.25) is 0 Å². The van der Waals surface area contributed by atoms with Crippen LogP contribution in [0.5, 0.6) is 0 Å². The van der Waals surface area contributed by atoms with E-state index in [0.29, 0.717) is 16.3 Å². The van der Waals surface area contributed by atoms with E-state index in [1.807, 2.05) is 0 Å². The number of hydrogen-bond acceptors (Lipinski definition) is 3. The maximum atomic E-state index is 12.2. The smallest absolute Gasteiger partial charge is 0.182 e. The molecular formula is C13H12ClNO2S. The summed E-state index contributed by atoms with van der Waals surface area (Å²) in [6, 6.07) is 13.1. The average Bonchev–Trinajstić information content (AvgIpc) is 2.32. The number of halogens is 1. The molecule has 18 heavy (non-hydrogen) atoms. The van der Waals surface area contributed by atoms with Crippen molar-refractivity contribution in [3.8, 4) is 0 Å². The van der Waals surface area contributed by atoms with E-state index in [1.54, 1.807) is 36.4 Å². The van der Waals surface area contributed by atoms with Crippen molar-refractivity contribution in [1.29, 1.82) is 0 Å². The van der Waals surface area contributed by atoms with Gasteiger partial charge in [-0.1, -0.05) is 35.9 Å². The normalized spacial score (nSPS) is 11.4. The van der Waals surface area contributed by atoms with Crippen LogP contribution >= 0.6 is 11.6 Å². The van der Waals surface area contributed by atoms with Crippen LogP contribution in [-0.4, -0.2) is 8.42 Å². The Morgan fingerprint density at radius 2 is 1.78 bits per heavy atom. The summed E-state index contributed by atoms with van der Waals surface area (Å²) in [6.45, 7) is 0. The van der Waals surface area contributed by atoms with Crippen LogP contribution in [0.15, 0.2) is 53.4 Å². The molecule has 0 aliphatic heterocycles. The van der Waals surface area contributed by atoms with E-state index in [9.17, 15) is 8.42 Å². The highest BCUT2D eigenvalue weighted by atomic mass is 35.5. The van der Waals surface area contributed by atoms with Crippen LogP contribution in [-0.2, 0) is 15.6 Å². The second-order valence-electron chi connectivity index (χ2n) is 3.92. The van der Waals surface area contributed by atoms with Crippen LogP contribution in [0.1, 0.15) is 5.56 Å². The molecule has 0 aromatic heterocycles. The zero-order chi connectivity index (χ0) is 13.2. The van der Waals surface area contributed by atoms with Crippen molar-refractivity contribution in [1.82, 2.24) is 0 Å². The first-order chi connectivity index (χ1) is 8.49. The fraction of sp³-hybridized carbons (Fsp3) is 0.0769. The molecule has 2 N–H and O–H groups in total. The summed E-state index contributed by atoms with van der Waals surface area (Å²) in [5.74, 6) is -0.125. The van der Waals surface area contributed by atoms with Gasteiger partial charge in [0.2, 0.25) is 0 Å². The van der Waals surface area contributed by atoms with Crippen molar-refractivity contribution in [2.75, 3.05) is 5.73 Å². The predicted octanol–water partition coefficient (Wildman–Crippen LogP) is 2.90. The summed E-state index contributed by atoms with van der Waals surface area (Å²) in [7, 11) is -3.42. The second kappa shape index (κ2) is 5.00. The lowest BCUT2D eigenvalue weighted by atomic mass is 10.2. The van der Waals surface area contributed by atoms with Crippen molar-refractivity contribution in [3.63, 3.8) is 0 Å². The molecule has 0 saturated carbocycles. The van der Waals surface area contributed by atoms with E-state index in [1.165, 1.54) is 12.1 Å². The minimum atomic E-state index is -3.42. The number of hydrogen-bond donors (Lipinski definition) is 1. The van der Waals surface area contributed by atoms with Crippen molar-refractivity contribution in [2.45, 2.75) is 10.6 Å². The first-order valence-corrected chi connectivity index (χ1v) is 7.34. The molecule has 0 heterocycles. The Morgan fingerprint density at radius 1 is 1.06 bits per heavy atom. The lowest BCUT2D eigenvalue weighted by Gasteiger charge is -2.07. The van der Waals surface area contributed by atoms with Crippen molar-refractivity contribution < 1.29 is 8.42 Å². The Balaban J connectivity index is 2.37. The zero-order valence-corrected chi connectivity index (χ0v) is 11.1. The van der Waals surface area contributed by atoms with Gasteiger partial charge in [0.15, 0.2) is 9.84 Å². The summed E-state index contributed by atoms with van der Waals surface area (Å²) in [6.07, 6.45) is 0. The highest BCUT2D eigenvalue weighted by molar-refractivity contribution is 7.90. The van der Waals surface area contributed by atoms with Crippen LogP contribution in [0, 0.1) is 0 Å². The van der Waals surface area contributed by atoms with Crippen LogP contribution in [0.4, 0.5) is 5.69 Å². The summed E-state index contributed by atoms with van der Waals surface area (Å²) < 4.78 is 24.4. The number of nitrogens with two attached hydrogens (primary N) is 1. The maximum Gasteiger partial charge on any atom is 0.182 e. The molecule has 2 rings (SSSR count). The highest BCUT2D eigenvalue weighted by Gasteiger charge is 2.16. The first kappa shape index (κ1) is 12.9. The van der Waals surface area contributed by atoms with Crippen molar-refractivity contribution in [2.24, 2.45) is 0 Å². The quantitative estimate of drug-likeness (QED) is 0.880. The van der Waals surface area contributed by atoms with Gasteiger partial charge in [-0.2, -0.15) is 0 Å². The number of benzene rings is 2. The fourth-order valence-electron chi connectivity index (χ4n) is 1.61. The maximum absolute atomic E-state index is 12.2. The molecule has 3 nitrogen and oxygen atoms in total. The molecule has 0 saturated heterocycles. The average molecular weight is 282 g/mol. The van der Waals surface area contributed by atoms with Gasteiger partial charge < -0.3 is 5.73 Å². The van der Waals surface area contributed by atoms with E-state index in [2.05, 4.69) is 0 Å². The summed E-state index contributed by atoms with van der Waals surface area (Å²) >= 11 is 5.80. The van der Waals surface area contributed by atoms with Gasteiger partial charge in [0, 0.05) is 10.7 Å². The molecule has 0 fully saturated rings. The van der Waals surface area contributed by atoms with Gasteiger partial charge in [0.25, 0.3) is 0 Å². The Kier molecular flexibility index (Phi) is 3.59. The number of sulfone groups is 1. The number of anilines is 1. The van der Waals surface area contributed by atoms with Gasteiger partial charge in [-0.05, 0) is 29.8 Å². The van der Waals surface area contributed by atoms with E-state index >= 15 is 0 Å². The Bertz CT molecular complexity index is 668. The van der Waals surface area contributed by atoms with Crippen LogP contribution in [0.3, 0.4) is 0 Å². The summed E-state index contributed by atoms with van der Waals surface area (Å²) in [5.41, 5.74) is 6.82. The van der Waals surface area contributed by atoms with Gasteiger partial charge in [-0.15, -0.1) is 0 Å². The summed E-state index contributed by atoms with van der Waals surface area (Å²) in [4.78, 5) is 0.207. The van der Waals surface area contributed by atoms with E-state index in [0.717, 1.165) is 0 Å². The molecule has 0 amide bonds. The topological polar surface area (TPSA) is 60.2 Å². The monoisotopic (exact) mass is 281 g/mol. The molecule has 0 unspecified atom stereocenters. The Morgan fingerprint density at radius 3 is 2.44 bits per heavy atom. The van der Waals surface area contributed by atoms with Crippen molar-refractivity contribution in [3.05, 3.63) is 59.1 Å². The third-order valence-corrected chi connectivity index (χ3v) is 4.45. The summed E-state index contributed by atoms with van der Waals surface area (Å²) in [5, 5.41) is 0.400. The first-order valence-electron chi connectivity index (χ1n) is 5.31. The SMILES string of the molecule is Nc1ccccc1CS(=O)(=O)c1cccc(Cl)c1. The lowest BCUT2D eigenvalue weighted by molar-refractivity contribution is 0.595. The Hall–Kier alpha value is -1.52. The molecule has 0 radical (unpaired) electrons. The molecule has 0 bridgehead atoms. The van der Waals surface area contributed by atoms with Gasteiger partial charge in [0.05, 0.1) is 10.6 Å². The van der Waals surface area contributed by atoms with E-state index in [4.69, 9.17) is 17.3 Å². The van der Waals surface area contributed by atoms with Gasteiger partial charge >= 0.3 is 0 Å². The van der Waals surface area contributed by atoms with Gasteiger partial charge in [-0.25, -0.2) is 8.42 Å². The van der Waals surface area contributed by atoms with E-state index < -0.39 is 9.84 Å². The minimum Gasteiger partial charge on any atom is -0.398 e. The zero-order valence-electron chi connectivity index (χ0n) is 9.51. The molecule has 2 aromatic rings. The molecule has 0 atom stereocenters.